The number of carbonyl (C=O) groups is 2. The maximum absolute atomic E-state index is 12.8. The minimum absolute atomic E-state index is 0.000509. The highest BCUT2D eigenvalue weighted by Gasteiger charge is 2.37. The monoisotopic (exact) mass is 363 g/mol. The van der Waals surface area contributed by atoms with Crippen LogP contribution in [0.3, 0.4) is 0 Å². The van der Waals surface area contributed by atoms with Crippen molar-refractivity contribution in [2.75, 3.05) is 27.2 Å². The molecule has 1 saturated heterocycles. The van der Waals surface area contributed by atoms with Gasteiger partial charge in [-0.1, -0.05) is 0 Å². The molecule has 0 bridgehead atoms. The van der Waals surface area contributed by atoms with Crippen molar-refractivity contribution >= 4 is 11.9 Å². The Hall–Kier alpha value is -2.09. The average molecular weight is 363 g/mol. The Morgan fingerprint density at radius 1 is 1.31 bits per heavy atom. The molecule has 0 aromatic carbocycles. The second-order valence-electron chi connectivity index (χ2n) is 7.76. The largest absolute Gasteiger partial charge is 0.393 e. The molecule has 0 unspecified atom stereocenters. The fourth-order valence-corrected chi connectivity index (χ4v) is 3.86. The van der Waals surface area contributed by atoms with Gasteiger partial charge >= 0.3 is 6.03 Å². The van der Waals surface area contributed by atoms with Gasteiger partial charge in [-0.2, -0.15) is 5.10 Å². The highest BCUT2D eigenvalue weighted by atomic mass is 16.3. The Morgan fingerprint density at radius 3 is 2.46 bits per heavy atom. The van der Waals surface area contributed by atoms with Crippen LogP contribution in [0.25, 0.3) is 0 Å². The molecule has 3 amide bonds. The van der Waals surface area contributed by atoms with Gasteiger partial charge in [0, 0.05) is 51.9 Å². The summed E-state index contributed by atoms with van der Waals surface area (Å²) in [5, 5.41) is 17.1. The summed E-state index contributed by atoms with van der Waals surface area (Å²) in [6.45, 7) is 1.21. The van der Waals surface area contributed by atoms with E-state index in [9.17, 15) is 14.7 Å². The summed E-state index contributed by atoms with van der Waals surface area (Å²) in [6, 6.07) is -0.110. The second kappa shape index (κ2) is 7.65. The van der Waals surface area contributed by atoms with E-state index in [1.807, 2.05) is 13.2 Å². The van der Waals surface area contributed by atoms with Gasteiger partial charge in [0.1, 0.15) is 0 Å². The van der Waals surface area contributed by atoms with Crippen LogP contribution >= 0.6 is 0 Å². The number of likely N-dealkylation sites (tertiary alicyclic amines) is 1. The van der Waals surface area contributed by atoms with Crippen molar-refractivity contribution in [3.63, 3.8) is 0 Å². The predicted octanol–water partition coefficient (Wildman–Crippen LogP) is 0.742. The van der Waals surface area contributed by atoms with Crippen LogP contribution in [0.5, 0.6) is 0 Å². The summed E-state index contributed by atoms with van der Waals surface area (Å²) in [5.41, 5.74) is 0.984. The zero-order chi connectivity index (χ0) is 18.8. The highest BCUT2D eigenvalue weighted by molar-refractivity contribution is 5.80. The van der Waals surface area contributed by atoms with Crippen molar-refractivity contribution in [1.29, 1.82) is 0 Å². The molecule has 1 aromatic rings. The molecule has 1 aliphatic heterocycles. The van der Waals surface area contributed by atoms with Crippen LogP contribution < -0.4 is 5.32 Å². The fraction of sp³-hybridized carbons (Fsp3) is 0.722. The number of aliphatic hydroxyl groups is 1. The van der Waals surface area contributed by atoms with Gasteiger partial charge in [0.05, 0.1) is 18.3 Å². The molecule has 1 saturated carbocycles. The number of nitrogens with zero attached hydrogens (tertiary/aromatic N) is 4. The third-order valence-electron chi connectivity index (χ3n) is 5.52. The quantitative estimate of drug-likeness (QED) is 0.826. The van der Waals surface area contributed by atoms with Crippen LogP contribution in [0.15, 0.2) is 12.4 Å². The number of hydrogen-bond acceptors (Lipinski definition) is 4. The molecule has 1 aromatic heterocycles. The van der Waals surface area contributed by atoms with Crippen LogP contribution in [-0.4, -0.2) is 69.9 Å². The Morgan fingerprint density at radius 2 is 1.96 bits per heavy atom. The molecule has 2 aliphatic rings. The van der Waals surface area contributed by atoms with E-state index >= 15 is 0 Å². The average Bonchev–Trinajstić information content (AvgIpc) is 3.02. The van der Waals surface area contributed by atoms with E-state index in [4.69, 9.17) is 0 Å². The van der Waals surface area contributed by atoms with E-state index < -0.39 is 0 Å². The summed E-state index contributed by atoms with van der Waals surface area (Å²) in [5.74, 6) is 0.205. The summed E-state index contributed by atoms with van der Waals surface area (Å²) in [6.07, 6.45) is 6.21. The predicted molar refractivity (Wildman–Crippen MR) is 96.2 cm³/mol. The molecule has 2 fully saturated rings. The smallest absolute Gasteiger partial charge is 0.319 e. The first-order valence-electron chi connectivity index (χ1n) is 9.28. The van der Waals surface area contributed by atoms with Crippen molar-refractivity contribution in [2.45, 2.75) is 37.8 Å². The number of nitrogens with one attached hydrogen (secondary N) is 1. The lowest BCUT2D eigenvalue weighted by Crippen LogP contribution is -2.48. The molecule has 1 aliphatic carbocycles. The maximum atomic E-state index is 12.8. The fourth-order valence-electron chi connectivity index (χ4n) is 3.86. The summed E-state index contributed by atoms with van der Waals surface area (Å²) in [4.78, 5) is 28.2. The van der Waals surface area contributed by atoms with Crippen LogP contribution in [0.1, 0.15) is 37.3 Å². The van der Waals surface area contributed by atoms with Gasteiger partial charge in [-0.3, -0.25) is 9.48 Å². The van der Waals surface area contributed by atoms with Gasteiger partial charge in [0.25, 0.3) is 0 Å². The Kier molecular flexibility index (Phi) is 5.50. The number of amides is 3. The van der Waals surface area contributed by atoms with E-state index in [0.29, 0.717) is 38.8 Å². The number of rotatable bonds is 4. The first-order valence-corrected chi connectivity index (χ1v) is 9.28. The number of aromatic nitrogens is 2. The summed E-state index contributed by atoms with van der Waals surface area (Å²) >= 11 is 0. The van der Waals surface area contributed by atoms with Crippen molar-refractivity contribution in [2.24, 2.45) is 18.9 Å². The number of piperidine rings is 1. The number of carbonyl (C=O) groups excluding carboxylic acids is 2. The van der Waals surface area contributed by atoms with Gasteiger partial charge in [-0.25, -0.2) is 4.79 Å². The molecule has 26 heavy (non-hydrogen) atoms. The van der Waals surface area contributed by atoms with E-state index in [1.54, 1.807) is 34.8 Å². The van der Waals surface area contributed by atoms with Gasteiger partial charge in [-0.05, 0) is 31.6 Å². The number of hydrogen-bond donors (Lipinski definition) is 2. The van der Waals surface area contributed by atoms with E-state index in [0.717, 1.165) is 5.56 Å². The van der Waals surface area contributed by atoms with E-state index in [1.165, 1.54) is 0 Å². The van der Waals surface area contributed by atoms with Crippen LogP contribution in [0, 0.1) is 11.8 Å². The van der Waals surface area contributed by atoms with Crippen molar-refractivity contribution in [3.05, 3.63) is 18.0 Å². The molecular weight excluding hydrogens is 334 g/mol. The number of aliphatic hydroxyl groups excluding tert-OH is 1. The van der Waals surface area contributed by atoms with E-state index in [2.05, 4.69) is 10.4 Å². The SMILES string of the molecule is CN(C)C(=O)N1CCC(C(=O)N[C@@H](c2cnn(C)c2)C2CC(O)C2)CC1. The van der Waals surface area contributed by atoms with E-state index in [-0.39, 0.29) is 35.9 Å². The van der Waals surface area contributed by atoms with Crippen molar-refractivity contribution < 1.29 is 14.7 Å². The van der Waals surface area contributed by atoms with Gasteiger partial charge in [0.2, 0.25) is 5.91 Å². The molecule has 2 N–H and O–H groups in total. The second-order valence-corrected chi connectivity index (χ2v) is 7.76. The molecule has 0 spiro atoms. The lowest BCUT2D eigenvalue weighted by molar-refractivity contribution is -0.128. The molecule has 0 radical (unpaired) electrons. The minimum atomic E-state index is -0.267. The third-order valence-corrected chi connectivity index (χ3v) is 5.52. The number of aryl methyl sites for hydroxylation is 1. The Labute approximate surface area is 154 Å². The third kappa shape index (κ3) is 4.00. The molecule has 8 heteroatoms. The zero-order valence-corrected chi connectivity index (χ0v) is 15.8. The maximum Gasteiger partial charge on any atom is 0.319 e. The molecular formula is C18H29N5O3. The zero-order valence-electron chi connectivity index (χ0n) is 15.8. The lowest BCUT2D eigenvalue weighted by Gasteiger charge is -2.39. The van der Waals surface area contributed by atoms with Gasteiger partial charge < -0.3 is 20.2 Å². The standard InChI is InChI=1S/C18H29N5O3/c1-21(2)18(26)23-6-4-12(5-7-23)17(25)20-16(13-8-15(24)9-13)14-10-19-22(3)11-14/h10-13,15-16,24H,4-9H2,1-3H3,(H,20,25)/t13?,15?,16-/m1/s1. The Bertz CT molecular complexity index is 645. The summed E-state index contributed by atoms with van der Waals surface area (Å²) in [7, 11) is 5.34. The summed E-state index contributed by atoms with van der Waals surface area (Å²) < 4.78 is 1.73. The van der Waals surface area contributed by atoms with Crippen LogP contribution in [0.4, 0.5) is 4.79 Å². The molecule has 144 valence electrons. The lowest BCUT2D eigenvalue weighted by atomic mass is 9.75. The molecule has 1 atom stereocenters. The first kappa shape index (κ1) is 18.7. The molecule has 8 nitrogen and oxygen atoms in total. The van der Waals surface area contributed by atoms with Crippen molar-refractivity contribution in [1.82, 2.24) is 24.9 Å². The first-order chi connectivity index (χ1) is 12.3. The topological polar surface area (TPSA) is 90.7 Å². The molecule has 3 rings (SSSR count). The normalized spacial score (nSPS) is 24.7. The minimum Gasteiger partial charge on any atom is -0.393 e. The van der Waals surface area contributed by atoms with Crippen LogP contribution in [0.2, 0.25) is 0 Å². The van der Waals surface area contributed by atoms with Gasteiger partial charge in [-0.15, -0.1) is 0 Å². The van der Waals surface area contributed by atoms with Crippen molar-refractivity contribution in [3.8, 4) is 0 Å². The highest BCUT2D eigenvalue weighted by Crippen LogP contribution is 2.38. The Balaban J connectivity index is 1.59. The molecule has 2 heterocycles. The van der Waals surface area contributed by atoms with Crippen LogP contribution in [-0.2, 0) is 11.8 Å². The number of urea groups is 1. The van der Waals surface area contributed by atoms with Gasteiger partial charge in [0.15, 0.2) is 0 Å².